The number of nitrogens with zero attached hydrogens (tertiary/aromatic N) is 3. The van der Waals surface area contributed by atoms with Crippen molar-refractivity contribution in [3.05, 3.63) is 90.0 Å². The number of likely N-dealkylation sites (tertiary alicyclic amines) is 1. The van der Waals surface area contributed by atoms with E-state index in [0.29, 0.717) is 29.2 Å². The molecular weight excluding hydrogens is 638 g/mol. The number of hydrogen-bond acceptors (Lipinski definition) is 5. The maximum atomic E-state index is 15.0. The molecular formula is C32H35BrClN3O4S. The third kappa shape index (κ3) is 4.82. The lowest BCUT2D eigenvalue weighted by atomic mass is 9.70. The summed E-state index contributed by atoms with van der Waals surface area (Å²) in [5.41, 5.74) is 2.08. The fourth-order valence-corrected chi connectivity index (χ4v) is 11.0. The Hall–Kier alpha value is -2.59. The first-order valence-corrected chi connectivity index (χ1v) is 16.1. The summed E-state index contributed by atoms with van der Waals surface area (Å²) in [5, 5.41) is 11.0. The van der Waals surface area contributed by atoms with Crippen LogP contribution in [0.2, 0.25) is 5.02 Å². The Balaban J connectivity index is 1.69. The number of carbonyl (C=O) groups excluding carboxylic acids is 3. The summed E-state index contributed by atoms with van der Waals surface area (Å²) in [4.78, 5) is 48.3. The topological polar surface area (TPSA) is 81.2 Å². The molecule has 7 nitrogen and oxygen atoms in total. The molecule has 0 aromatic heterocycles. The number of para-hydroxylation sites is 1. The molecule has 3 unspecified atom stereocenters. The number of anilines is 1. The number of rotatable bonds is 10. The predicted molar refractivity (Wildman–Crippen MR) is 172 cm³/mol. The molecule has 3 heterocycles. The smallest absolute Gasteiger partial charge is 0.251 e. The molecule has 3 aliphatic heterocycles. The van der Waals surface area contributed by atoms with Crippen LogP contribution in [0, 0.1) is 18.8 Å². The molecule has 3 fully saturated rings. The standard InChI is InChI=1S/C32H35BrClN3O4S/c1-5-15-35(4)29(39)24-25-30(40)37(23(18-38)20-12-8-7-9-13-20)28(32(25)17-21(33)27(24)42-32)31(41)36(16-6-2)26-19(3)11-10-14-22(26)34/h5-14,21,23-25,27-28,38H,1-2,15-18H2,3-4H3/t21?,23-,24-,25+,27-,28?,32?/m1/s1. The van der Waals surface area contributed by atoms with E-state index < -0.39 is 28.7 Å². The molecule has 42 heavy (non-hydrogen) atoms. The van der Waals surface area contributed by atoms with Gasteiger partial charge in [0.25, 0.3) is 5.91 Å². The van der Waals surface area contributed by atoms with E-state index in [2.05, 4.69) is 29.1 Å². The number of thioether (sulfide) groups is 1. The molecule has 10 heteroatoms. The van der Waals surface area contributed by atoms with Crippen LogP contribution < -0.4 is 4.90 Å². The van der Waals surface area contributed by atoms with Gasteiger partial charge in [-0.05, 0) is 30.5 Å². The summed E-state index contributed by atoms with van der Waals surface area (Å²) in [6, 6.07) is 13.0. The van der Waals surface area contributed by atoms with Crippen molar-refractivity contribution in [3.8, 4) is 0 Å². The minimum Gasteiger partial charge on any atom is -0.394 e. The van der Waals surface area contributed by atoms with Gasteiger partial charge in [0.1, 0.15) is 6.04 Å². The molecule has 1 spiro atoms. The van der Waals surface area contributed by atoms with Crippen LogP contribution in [-0.4, -0.2) is 80.2 Å². The van der Waals surface area contributed by atoms with Gasteiger partial charge in [0.15, 0.2) is 0 Å². The predicted octanol–water partition coefficient (Wildman–Crippen LogP) is 5.01. The van der Waals surface area contributed by atoms with Gasteiger partial charge < -0.3 is 19.8 Å². The first-order chi connectivity index (χ1) is 20.1. The molecule has 2 aromatic carbocycles. The maximum absolute atomic E-state index is 15.0. The highest BCUT2D eigenvalue weighted by atomic mass is 79.9. The number of likely N-dealkylation sites (N-methyl/N-ethyl adjacent to an activating group) is 1. The highest BCUT2D eigenvalue weighted by molar-refractivity contribution is 9.09. The van der Waals surface area contributed by atoms with Crippen molar-refractivity contribution in [1.82, 2.24) is 9.80 Å². The van der Waals surface area contributed by atoms with Gasteiger partial charge in [-0.2, -0.15) is 0 Å². The number of halogens is 2. The van der Waals surface area contributed by atoms with Crippen molar-refractivity contribution in [2.24, 2.45) is 11.8 Å². The lowest BCUT2D eigenvalue weighted by Gasteiger charge is -2.40. The minimum atomic E-state index is -0.958. The minimum absolute atomic E-state index is 0.0768. The third-order valence-electron chi connectivity index (χ3n) is 8.75. The Kier molecular flexibility index (Phi) is 8.95. The molecule has 0 saturated carbocycles. The number of aliphatic hydroxyl groups is 1. The number of benzene rings is 2. The zero-order valence-corrected chi connectivity index (χ0v) is 26.8. The second-order valence-electron chi connectivity index (χ2n) is 11.2. The van der Waals surface area contributed by atoms with E-state index in [1.54, 1.807) is 51.7 Å². The molecule has 7 atom stereocenters. The summed E-state index contributed by atoms with van der Waals surface area (Å²) in [6.07, 6.45) is 3.82. The molecule has 222 valence electrons. The van der Waals surface area contributed by atoms with Crippen LogP contribution in [0.3, 0.4) is 0 Å². The van der Waals surface area contributed by atoms with Gasteiger partial charge >= 0.3 is 0 Å². The van der Waals surface area contributed by atoms with Crippen molar-refractivity contribution in [2.75, 3.05) is 31.6 Å². The molecule has 5 rings (SSSR count). The maximum Gasteiger partial charge on any atom is 0.251 e. The van der Waals surface area contributed by atoms with Crippen LogP contribution in [0.4, 0.5) is 5.69 Å². The number of amides is 3. The Morgan fingerprint density at radius 2 is 1.86 bits per heavy atom. The van der Waals surface area contributed by atoms with Gasteiger partial charge in [-0.15, -0.1) is 24.9 Å². The average molecular weight is 673 g/mol. The second-order valence-corrected chi connectivity index (χ2v) is 14.3. The molecule has 2 bridgehead atoms. The van der Waals surface area contributed by atoms with Gasteiger partial charge in [0, 0.05) is 30.2 Å². The first kappa shape index (κ1) is 30.9. The van der Waals surface area contributed by atoms with Gasteiger partial charge in [0.05, 0.1) is 39.9 Å². The fourth-order valence-electron chi connectivity index (χ4n) is 7.07. The summed E-state index contributed by atoms with van der Waals surface area (Å²) in [6.45, 7) is 9.69. The monoisotopic (exact) mass is 671 g/mol. The van der Waals surface area contributed by atoms with E-state index in [4.69, 9.17) is 11.6 Å². The highest BCUT2D eigenvalue weighted by Crippen LogP contribution is 2.68. The second kappa shape index (κ2) is 12.2. The van der Waals surface area contributed by atoms with Crippen molar-refractivity contribution >= 4 is 62.7 Å². The molecule has 2 aromatic rings. The van der Waals surface area contributed by atoms with Crippen LogP contribution in [0.25, 0.3) is 0 Å². The number of fused-ring (bicyclic) bond motifs is 1. The van der Waals surface area contributed by atoms with Gasteiger partial charge in [-0.3, -0.25) is 14.4 Å². The van der Waals surface area contributed by atoms with E-state index in [9.17, 15) is 19.5 Å². The zero-order valence-electron chi connectivity index (χ0n) is 23.7. The van der Waals surface area contributed by atoms with Crippen molar-refractivity contribution in [3.63, 3.8) is 0 Å². The quantitative estimate of drug-likeness (QED) is 0.284. The first-order valence-electron chi connectivity index (χ1n) is 14.0. The normalized spacial score (nSPS) is 28.4. The Bertz CT molecular complexity index is 1390. The van der Waals surface area contributed by atoms with Gasteiger partial charge in [0.2, 0.25) is 11.8 Å². The van der Waals surface area contributed by atoms with E-state index >= 15 is 0 Å². The summed E-state index contributed by atoms with van der Waals surface area (Å²) in [7, 11) is 1.71. The number of aryl methyl sites for hydroxylation is 1. The molecule has 0 radical (unpaired) electrons. The van der Waals surface area contributed by atoms with Crippen molar-refractivity contribution < 1.29 is 19.5 Å². The molecule has 1 N–H and O–H groups in total. The Labute approximate surface area is 264 Å². The van der Waals surface area contributed by atoms with Crippen LogP contribution in [0.1, 0.15) is 23.6 Å². The van der Waals surface area contributed by atoms with E-state index in [1.165, 1.54) is 0 Å². The zero-order chi connectivity index (χ0) is 30.3. The number of hydrogen-bond donors (Lipinski definition) is 1. The van der Waals surface area contributed by atoms with E-state index in [1.807, 2.05) is 49.4 Å². The largest absolute Gasteiger partial charge is 0.394 e. The Morgan fingerprint density at radius 1 is 1.17 bits per heavy atom. The summed E-state index contributed by atoms with van der Waals surface area (Å²) < 4.78 is -0.890. The highest BCUT2D eigenvalue weighted by Gasteiger charge is 2.76. The van der Waals surface area contributed by atoms with E-state index in [0.717, 1.165) is 5.56 Å². The summed E-state index contributed by atoms with van der Waals surface area (Å²) in [5.74, 6) is -2.10. The third-order valence-corrected chi connectivity index (χ3v) is 12.3. The van der Waals surface area contributed by atoms with E-state index in [-0.39, 0.29) is 41.0 Å². The van der Waals surface area contributed by atoms with Crippen LogP contribution in [-0.2, 0) is 14.4 Å². The molecule has 3 aliphatic rings. The van der Waals surface area contributed by atoms with Crippen LogP contribution >= 0.6 is 39.3 Å². The van der Waals surface area contributed by atoms with Crippen molar-refractivity contribution in [2.45, 2.75) is 40.3 Å². The SMILES string of the molecule is C=CCN(C)C(=O)[C@H]1[C@@H]2SC3(CC2Br)C(C(=O)N(CC=C)c2c(C)cccc2Cl)N([C@H](CO)c2ccccc2)C(=O)[C@H]13. The number of carbonyl (C=O) groups is 3. The molecule has 0 aliphatic carbocycles. The van der Waals surface area contributed by atoms with Gasteiger partial charge in [-0.25, -0.2) is 0 Å². The van der Waals surface area contributed by atoms with Crippen LogP contribution in [0.5, 0.6) is 0 Å². The molecule has 3 amide bonds. The van der Waals surface area contributed by atoms with Gasteiger partial charge in [-0.1, -0.05) is 82.1 Å². The van der Waals surface area contributed by atoms with Crippen molar-refractivity contribution in [1.29, 1.82) is 0 Å². The number of aliphatic hydroxyl groups excluding tert-OH is 1. The lowest BCUT2D eigenvalue weighted by molar-refractivity contribution is -0.144. The van der Waals surface area contributed by atoms with Crippen LogP contribution in [0.15, 0.2) is 73.8 Å². The molecule has 3 saturated heterocycles. The summed E-state index contributed by atoms with van der Waals surface area (Å²) >= 11 is 12.1. The number of alkyl halides is 1. The average Bonchev–Trinajstić information content (AvgIpc) is 3.56. The Morgan fingerprint density at radius 3 is 2.48 bits per heavy atom. The lowest BCUT2D eigenvalue weighted by Crippen LogP contribution is -2.56. The fraction of sp³-hybridized carbons (Fsp3) is 0.406.